The third kappa shape index (κ3) is 4.11. The number of aryl methyl sites for hydroxylation is 3. The predicted octanol–water partition coefficient (Wildman–Crippen LogP) is 4.14. The van der Waals surface area contributed by atoms with E-state index in [0.29, 0.717) is 6.42 Å². The molecule has 0 amide bonds. The molecule has 0 aliphatic heterocycles. The van der Waals surface area contributed by atoms with Crippen LogP contribution in [0.4, 0.5) is 5.69 Å². The summed E-state index contributed by atoms with van der Waals surface area (Å²) in [7, 11) is 1.95. The Morgan fingerprint density at radius 2 is 2.05 bits per heavy atom. The monoisotopic (exact) mass is 296 g/mol. The summed E-state index contributed by atoms with van der Waals surface area (Å²) in [6, 6.07) is 11.1. The molecule has 1 aromatic heterocycles. The van der Waals surface area contributed by atoms with Gasteiger partial charge in [-0.05, 0) is 31.7 Å². The topological polar surface area (TPSA) is 53.6 Å². The molecule has 0 saturated carbocycles. The molecule has 0 aliphatic carbocycles. The molecule has 1 heterocycles. The van der Waals surface area contributed by atoms with Gasteiger partial charge < -0.3 is 5.32 Å². The Balaban J connectivity index is 2.20. The Bertz CT molecular complexity index is 634. The van der Waals surface area contributed by atoms with Gasteiger partial charge in [0.1, 0.15) is 0 Å². The summed E-state index contributed by atoms with van der Waals surface area (Å²) in [6.45, 7) is 4.21. The van der Waals surface area contributed by atoms with Gasteiger partial charge in [0.2, 0.25) is 0 Å². The van der Waals surface area contributed by atoms with Crippen molar-refractivity contribution in [3.05, 3.63) is 47.3 Å². The van der Waals surface area contributed by atoms with E-state index in [9.17, 15) is 0 Å². The van der Waals surface area contributed by atoms with Crippen molar-refractivity contribution >= 4 is 5.69 Å². The van der Waals surface area contributed by atoms with Gasteiger partial charge in [-0.25, -0.2) is 0 Å². The van der Waals surface area contributed by atoms with Gasteiger partial charge in [-0.15, -0.1) is 0 Å². The maximum atomic E-state index is 8.78. The van der Waals surface area contributed by atoms with Crippen LogP contribution in [0.2, 0.25) is 0 Å². The molecule has 0 spiro atoms. The highest BCUT2D eigenvalue weighted by Crippen LogP contribution is 2.26. The van der Waals surface area contributed by atoms with E-state index in [0.717, 1.165) is 30.6 Å². The third-order valence-electron chi connectivity index (χ3n) is 3.83. The summed E-state index contributed by atoms with van der Waals surface area (Å²) in [5.74, 6) is 0. The third-order valence-corrected chi connectivity index (χ3v) is 3.83. The van der Waals surface area contributed by atoms with E-state index < -0.39 is 0 Å². The number of nitrogens with one attached hydrogen (secondary N) is 1. The minimum atomic E-state index is 0.212. The van der Waals surface area contributed by atoms with E-state index in [1.54, 1.807) is 0 Å². The second kappa shape index (κ2) is 7.65. The van der Waals surface area contributed by atoms with E-state index in [1.807, 2.05) is 17.9 Å². The number of nitriles is 1. The lowest BCUT2D eigenvalue weighted by atomic mass is 9.99. The van der Waals surface area contributed by atoms with Crippen molar-refractivity contribution in [3.8, 4) is 6.07 Å². The lowest BCUT2D eigenvalue weighted by Crippen LogP contribution is -2.11. The zero-order valence-electron chi connectivity index (χ0n) is 13.6. The second-order valence-corrected chi connectivity index (χ2v) is 5.67. The molecule has 0 saturated heterocycles. The van der Waals surface area contributed by atoms with Crippen molar-refractivity contribution in [2.24, 2.45) is 7.05 Å². The summed E-state index contributed by atoms with van der Waals surface area (Å²) >= 11 is 0. The molecule has 1 unspecified atom stereocenters. The van der Waals surface area contributed by atoms with Crippen molar-refractivity contribution in [2.75, 3.05) is 5.32 Å². The molecule has 116 valence electrons. The molecule has 4 heteroatoms. The average Bonchev–Trinajstić information content (AvgIpc) is 2.87. The Labute approximate surface area is 132 Å². The van der Waals surface area contributed by atoms with Gasteiger partial charge in [-0.1, -0.05) is 36.8 Å². The highest BCUT2D eigenvalue weighted by atomic mass is 15.3. The SMILES string of the molecule is CCc1nn(C)cc1NC(CCCC#N)c1ccc(C)cc1. The average molecular weight is 296 g/mol. The van der Waals surface area contributed by atoms with Crippen molar-refractivity contribution in [1.29, 1.82) is 5.26 Å². The molecule has 2 rings (SSSR count). The predicted molar refractivity (Wildman–Crippen MR) is 89.6 cm³/mol. The second-order valence-electron chi connectivity index (χ2n) is 5.67. The van der Waals surface area contributed by atoms with Crippen LogP contribution in [0.1, 0.15) is 49.0 Å². The lowest BCUT2D eigenvalue weighted by molar-refractivity contribution is 0.653. The van der Waals surface area contributed by atoms with Gasteiger partial charge in [0.15, 0.2) is 0 Å². The number of nitrogens with zero attached hydrogens (tertiary/aromatic N) is 3. The van der Waals surface area contributed by atoms with Gasteiger partial charge in [-0.3, -0.25) is 4.68 Å². The number of anilines is 1. The highest BCUT2D eigenvalue weighted by Gasteiger charge is 2.14. The fourth-order valence-corrected chi connectivity index (χ4v) is 2.61. The first kappa shape index (κ1) is 16.1. The molecule has 4 nitrogen and oxygen atoms in total. The molecule has 0 bridgehead atoms. The standard InChI is InChI=1S/C18H24N4/c1-4-16-18(13-22(3)21-16)20-17(7-5-6-12-19)15-10-8-14(2)9-11-15/h8-11,13,17,20H,4-7H2,1-3H3. The van der Waals surface area contributed by atoms with Crippen LogP contribution in [-0.4, -0.2) is 9.78 Å². The van der Waals surface area contributed by atoms with Gasteiger partial charge >= 0.3 is 0 Å². The number of benzene rings is 1. The summed E-state index contributed by atoms with van der Waals surface area (Å²) < 4.78 is 1.85. The summed E-state index contributed by atoms with van der Waals surface area (Å²) in [5, 5.41) is 16.9. The Kier molecular flexibility index (Phi) is 5.60. The molecule has 0 aliphatic rings. The van der Waals surface area contributed by atoms with Crippen LogP contribution in [0.25, 0.3) is 0 Å². The van der Waals surface area contributed by atoms with Crippen LogP contribution in [0.5, 0.6) is 0 Å². The minimum absolute atomic E-state index is 0.212. The van der Waals surface area contributed by atoms with Crippen LogP contribution in [0.15, 0.2) is 30.5 Å². The van der Waals surface area contributed by atoms with Crippen LogP contribution in [0.3, 0.4) is 0 Å². The number of hydrogen-bond donors (Lipinski definition) is 1. The molecular weight excluding hydrogens is 272 g/mol. The fraction of sp³-hybridized carbons (Fsp3) is 0.444. The molecule has 0 radical (unpaired) electrons. The van der Waals surface area contributed by atoms with E-state index in [1.165, 1.54) is 11.1 Å². The summed E-state index contributed by atoms with van der Waals surface area (Å²) in [4.78, 5) is 0. The van der Waals surface area contributed by atoms with Crippen LogP contribution >= 0.6 is 0 Å². The first-order valence-corrected chi connectivity index (χ1v) is 7.86. The number of unbranched alkanes of at least 4 members (excludes halogenated alkanes) is 1. The van der Waals surface area contributed by atoms with Crippen molar-refractivity contribution in [2.45, 2.75) is 45.6 Å². The van der Waals surface area contributed by atoms with E-state index in [4.69, 9.17) is 5.26 Å². The molecule has 1 N–H and O–H groups in total. The van der Waals surface area contributed by atoms with Crippen molar-refractivity contribution in [3.63, 3.8) is 0 Å². The molecule has 22 heavy (non-hydrogen) atoms. The van der Waals surface area contributed by atoms with Crippen LogP contribution in [0, 0.1) is 18.3 Å². The number of rotatable bonds is 7. The van der Waals surface area contributed by atoms with Crippen molar-refractivity contribution < 1.29 is 0 Å². The highest BCUT2D eigenvalue weighted by molar-refractivity contribution is 5.48. The number of aromatic nitrogens is 2. The maximum absolute atomic E-state index is 8.78. The quantitative estimate of drug-likeness (QED) is 0.781. The van der Waals surface area contributed by atoms with Gasteiger partial charge in [0.25, 0.3) is 0 Å². The normalized spacial score (nSPS) is 11.9. The van der Waals surface area contributed by atoms with Gasteiger partial charge in [0, 0.05) is 19.7 Å². The molecule has 0 fully saturated rings. The molecule has 1 aromatic carbocycles. The Hall–Kier alpha value is -2.28. The number of hydrogen-bond acceptors (Lipinski definition) is 3. The first-order chi connectivity index (χ1) is 10.6. The first-order valence-electron chi connectivity index (χ1n) is 7.86. The Morgan fingerprint density at radius 1 is 1.32 bits per heavy atom. The van der Waals surface area contributed by atoms with Crippen LogP contribution < -0.4 is 5.32 Å². The van der Waals surface area contributed by atoms with Crippen LogP contribution in [-0.2, 0) is 13.5 Å². The smallest absolute Gasteiger partial charge is 0.0853 e. The van der Waals surface area contributed by atoms with Gasteiger partial charge in [-0.2, -0.15) is 10.4 Å². The molecular formula is C18H24N4. The molecule has 1 atom stereocenters. The zero-order chi connectivity index (χ0) is 15.9. The van der Waals surface area contributed by atoms with E-state index in [2.05, 4.69) is 54.6 Å². The summed E-state index contributed by atoms with van der Waals surface area (Å²) in [5.41, 5.74) is 4.69. The Morgan fingerprint density at radius 3 is 2.68 bits per heavy atom. The van der Waals surface area contributed by atoms with Gasteiger partial charge in [0.05, 0.1) is 23.5 Å². The maximum Gasteiger partial charge on any atom is 0.0853 e. The largest absolute Gasteiger partial charge is 0.375 e. The fourth-order valence-electron chi connectivity index (χ4n) is 2.61. The minimum Gasteiger partial charge on any atom is -0.375 e. The van der Waals surface area contributed by atoms with Crippen molar-refractivity contribution in [1.82, 2.24) is 9.78 Å². The zero-order valence-corrected chi connectivity index (χ0v) is 13.6. The summed E-state index contributed by atoms with van der Waals surface area (Å²) in [6.07, 6.45) is 5.36. The van der Waals surface area contributed by atoms with E-state index >= 15 is 0 Å². The van der Waals surface area contributed by atoms with E-state index in [-0.39, 0.29) is 6.04 Å². The molecule has 2 aromatic rings. The lowest BCUT2D eigenvalue weighted by Gasteiger charge is -2.20.